The van der Waals surface area contributed by atoms with E-state index in [4.69, 9.17) is 39.4 Å². The van der Waals surface area contributed by atoms with E-state index in [2.05, 4.69) is 52.8 Å². The Hall–Kier alpha value is -4.68. The minimum absolute atomic E-state index is 0.0447. The largest absolute Gasteiger partial charge is 0.386 e. The summed E-state index contributed by atoms with van der Waals surface area (Å²) < 4.78 is 67.6. The molecule has 9 rings (SSSR count). The fourth-order valence-corrected chi connectivity index (χ4v) is 9.82. The molecule has 26 heteroatoms. The van der Waals surface area contributed by atoms with Gasteiger partial charge in [0.25, 0.3) is 11.8 Å². The lowest BCUT2D eigenvalue weighted by atomic mass is 10.1. The lowest BCUT2D eigenvalue weighted by Gasteiger charge is -2.29. The number of rotatable bonds is 6. The molecule has 21 nitrogen and oxygen atoms in total. The van der Waals surface area contributed by atoms with E-state index >= 15 is 4.39 Å². The van der Waals surface area contributed by atoms with Crippen LogP contribution in [0.3, 0.4) is 0 Å². The Kier molecular flexibility index (Phi) is 11.1. The van der Waals surface area contributed by atoms with Gasteiger partial charge in [0.05, 0.1) is 25.9 Å². The van der Waals surface area contributed by atoms with Crippen LogP contribution in [0, 0.1) is 0 Å². The first-order valence-corrected chi connectivity index (χ1v) is 23.2. The number of halogens is 1. The number of carbonyl (C=O) groups is 2. The van der Waals surface area contributed by atoms with Gasteiger partial charge < -0.3 is 34.6 Å². The van der Waals surface area contributed by atoms with Crippen molar-refractivity contribution in [3.05, 3.63) is 97.1 Å². The van der Waals surface area contributed by atoms with Gasteiger partial charge in [-0.25, -0.2) is 38.9 Å². The number of aromatic nitrogens is 8. The van der Waals surface area contributed by atoms with E-state index in [1.165, 1.54) is 28.1 Å². The van der Waals surface area contributed by atoms with Crippen LogP contribution in [0.15, 0.2) is 86.0 Å². The van der Waals surface area contributed by atoms with Gasteiger partial charge in [0.15, 0.2) is 52.6 Å². The zero-order valence-electron chi connectivity index (χ0n) is 30.4. The van der Waals surface area contributed by atoms with Crippen LogP contribution < -0.4 is 10.6 Å². The number of alkyl halides is 1. The third-order valence-corrected chi connectivity index (χ3v) is 12.9. The first kappa shape index (κ1) is 40.7. The molecule has 6 aromatic rings. The summed E-state index contributed by atoms with van der Waals surface area (Å²) in [6.07, 6.45) is -7.58. The number of fused-ring (bicyclic) bond motifs is 4. The molecule has 0 radical (unpaired) electrons. The summed E-state index contributed by atoms with van der Waals surface area (Å²) in [5, 5.41) is 16.9. The van der Waals surface area contributed by atoms with Crippen molar-refractivity contribution in [1.82, 2.24) is 39.0 Å². The molecular formula is C34H31FN10O11P2S2. The molecule has 4 N–H and O–H groups in total. The Morgan fingerprint density at radius 2 is 1.25 bits per heavy atom. The fraction of sp³-hybridized carbons (Fsp3) is 0.294. The summed E-state index contributed by atoms with van der Waals surface area (Å²) in [5.41, 5.74) is 1.20. The van der Waals surface area contributed by atoms with E-state index in [0.717, 1.165) is 6.33 Å². The summed E-state index contributed by atoms with van der Waals surface area (Å²) in [4.78, 5) is 62.3. The predicted octanol–water partition coefficient (Wildman–Crippen LogP) is 3.74. The molecule has 2 unspecified atom stereocenters. The summed E-state index contributed by atoms with van der Waals surface area (Å²) in [6, 6.07) is 16.8. The molecule has 3 saturated heterocycles. The molecule has 0 bridgehead atoms. The monoisotopic (exact) mass is 900 g/mol. The Bertz CT molecular complexity index is 2510. The summed E-state index contributed by atoms with van der Waals surface area (Å²) in [7, 11) is 0. The minimum Gasteiger partial charge on any atom is -0.386 e. The molecule has 3 fully saturated rings. The van der Waals surface area contributed by atoms with E-state index in [-0.39, 0.29) is 34.0 Å². The molecule has 60 heavy (non-hydrogen) atoms. The molecule has 2 amide bonds. The Morgan fingerprint density at radius 3 is 1.82 bits per heavy atom. The summed E-state index contributed by atoms with van der Waals surface area (Å²) >= 11 is 9.42. The van der Waals surface area contributed by atoms with Gasteiger partial charge in [-0.15, -0.1) is 0 Å². The second-order valence-electron chi connectivity index (χ2n) is 13.5. The van der Waals surface area contributed by atoms with Gasteiger partial charge >= 0.3 is 13.5 Å². The van der Waals surface area contributed by atoms with Crippen molar-refractivity contribution in [3.63, 3.8) is 0 Å². The van der Waals surface area contributed by atoms with Crippen molar-refractivity contribution < 1.29 is 56.1 Å². The number of amides is 2. The van der Waals surface area contributed by atoms with E-state index in [0.29, 0.717) is 11.1 Å². The maximum Gasteiger partial charge on any atom is 0.386 e. The van der Waals surface area contributed by atoms with Crippen LogP contribution in [-0.2, 0) is 43.9 Å². The van der Waals surface area contributed by atoms with Crippen LogP contribution in [0.5, 0.6) is 0 Å². The van der Waals surface area contributed by atoms with Crippen LogP contribution in [-0.4, -0.2) is 111 Å². The lowest BCUT2D eigenvalue weighted by Crippen LogP contribution is -2.38. The topological polar surface area (TPSA) is 258 Å². The van der Waals surface area contributed by atoms with Crippen molar-refractivity contribution in [2.75, 3.05) is 23.8 Å². The third kappa shape index (κ3) is 7.97. The number of imidazole rings is 2. The number of aliphatic hydroxyl groups excluding tert-OH is 1. The highest BCUT2D eigenvalue weighted by atomic mass is 32.7. The Labute approximate surface area is 347 Å². The number of nitrogens with one attached hydrogen (secondary N) is 2. The fourth-order valence-electron chi connectivity index (χ4n) is 6.89. The van der Waals surface area contributed by atoms with Crippen LogP contribution >= 0.6 is 25.8 Å². The van der Waals surface area contributed by atoms with Crippen molar-refractivity contribution in [2.45, 2.75) is 49.1 Å². The first-order valence-electron chi connectivity index (χ1n) is 17.9. The highest BCUT2D eigenvalue weighted by Gasteiger charge is 2.53. The molecule has 0 saturated carbocycles. The molecule has 2 aromatic carbocycles. The van der Waals surface area contributed by atoms with Gasteiger partial charge in [-0.1, -0.05) is 48.6 Å². The number of nitrogens with zero attached hydrogens (tertiary/aromatic N) is 8. The van der Waals surface area contributed by atoms with E-state index in [1.807, 2.05) is 0 Å². The van der Waals surface area contributed by atoms with Crippen molar-refractivity contribution in [3.8, 4) is 0 Å². The minimum atomic E-state index is -4.43. The SMILES string of the molecule is O=C(Nc1ncnc2c1ncn2[C@@H]1O[C@@H]2COP(O)(=S)O[C@H]3[C@@H](F)[C@H](n4cnc5c(NC(=O)c6ccccc6)ncnc54)O[C@@H]3COP(=O)(S)O[C@H]2[C@H]1O)c1ccccc1. The number of thiol groups is 1. The maximum atomic E-state index is 16.5. The third-order valence-electron chi connectivity index (χ3n) is 9.69. The number of hydrogen-bond donors (Lipinski definition) is 5. The molecule has 4 aromatic heterocycles. The van der Waals surface area contributed by atoms with Gasteiger partial charge in [0, 0.05) is 11.1 Å². The smallest absolute Gasteiger partial charge is 0.386 e. The van der Waals surface area contributed by atoms with E-state index < -0.39 is 87.7 Å². The second-order valence-corrected chi connectivity index (χ2v) is 19.1. The van der Waals surface area contributed by atoms with Crippen molar-refractivity contribution >= 4 is 83.3 Å². The van der Waals surface area contributed by atoms with Crippen LogP contribution in [0.25, 0.3) is 22.3 Å². The Balaban J connectivity index is 0.938. The number of hydrogen-bond acceptors (Lipinski definition) is 17. The zero-order chi connectivity index (χ0) is 41.8. The molecule has 3 aliphatic heterocycles. The van der Waals surface area contributed by atoms with Crippen LogP contribution in [0.2, 0.25) is 0 Å². The normalized spacial score (nSPS) is 30.9. The molecule has 0 spiro atoms. The highest BCUT2D eigenvalue weighted by Crippen LogP contribution is 2.58. The number of anilines is 2. The molecule has 312 valence electrons. The first-order chi connectivity index (χ1) is 28.9. The average molecular weight is 901 g/mol. The van der Waals surface area contributed by atoms with Gasteiger partial charge in [0.1, 0.15) is 43.2 Å². The van der Waals surface area contributed by atoms with Crippen LogP contribution in [0.1, 0.15) is 33.2 Å². The number of ether oxygens (including phenoxy) is 2. The highest BCUT2D eigenvalue weighted by molar-refractivity contribution is 8.44. The molecule has 7 heterocycles. The molecule has 10 atom stereocenters. The molecule has 0 aliphatic carbocycles. The van der Waals surface area contributed by atoms with E-state index in [1.54, 1.807) is 60.7 Å². The number of aliphatic hydroxyl groups is 1. The Morgan fingerprint density at radius 1 is 0.750 bits per heavy atom. The van der Waals surface area contributed by atoms with Crippen molar-refractivity contribution in [2.24, 2.45) is 0 Å². The lowest BCUT2D eigenvalue weighted by molar-refractivity contribution is -0.0574. The summed E-state index contributed by atoms with van der Waals surface area (Å²) in [5.74, 6) is -0.803. The van der Waals surface area contributed by atoms with Crippen molar-refractivity contribution in [1.29, 1.82) is 0 Å². The van der Waals surface area contributed by atoms with Gasteiger partial charge in [-0.3, -0.25) is 32.3 Å². The zero-order valence-corrected chi connectivity index (χ0v) is 33.9. The number of carbonyl (C=O) groups excluding carboxylic acids is 2. The van der Waals surface area contributed by atoms with Gasteiger partial charge in [-0.05, 0) is 36.1 Å². The quantitative estimate of drug-likeness (QED) is 0.118. The summed E-state index contributed by atoms with van der Waals surface area (Å²) in [6.45, 7) is -10.1. The predicted molar refractivity (Wildman–Crippen MR) is 213 cm³/mol. The number of benzene rings is 2. The maximum absolute atomic E-state index is 16.5. The molecular weight excluding hydrogens is 870 g/mol. The molecule has 3 aliphatic rings. The average Bonchev–Trinajstić information content (AvgIpc) is 4.01. The van der Waals surface area contributed by atoms with E-state index in [9.17, 15) is 24.2 Å². The second kappa shape index (κ2) is 16.3. The van der Waals surface area contributed by atoms with Gasteiger partial charge in [-0.2, -0.15) is 0 Å². The standard InChI is InChI=1S/C34H31FN10O11P2S2/c35-21-25-19(53-33(21)44-15-40-22-27(36-13-38-29(22)44)42-31(47)17-7-3-1-4-8-17)11-51-58(50,60)56-26-20(12-52-57(49,59)55-25)54-34(24(26)46)45-16-41-23-28(37-14-39-30(23)45)43-32(48)18-9-5-2-6-10-18/h1-10,13-16,19-21,24-26,33-34,46H,11-12H2,(H,49,59)(H,50,60)(H,36,38,42,47)(H,37,39,43,48)/t19-,20-,21-,24-,25-,26-,33-,34-,57?,58?/m1/s1. The van der Waals surface area contributed by atoms with Crippen LogP contribution in [0.4, 0.5) is 16.0 Å². The van der Waals surface area contributed by atoms with Gasteiger partial charge in [0.2, 0.25) is 0 Å².